The molecule has 1 aromatic carbocycles. The maximum Gasteiger partial charge on any atom is 0.315 e. The normalized spacial score (nSPS) is 16.0. The van der Waals surface area contributed by atoms with Crippen LogP contribution in [0.1, 0.15) is 43.5 Å². The molecule has 1 fully saturated rings. The molecule has 1 aliphatic carbocycles. The van der Waals surface area contributed by atoms with Gasteiger partial charge in [-0.15, -0.1) is 0 Å². The summed E-state index contributed by atoms with van der Waals surface area (Å²) >= 11 is 0. The lowest BCUT2D eigenvalue weighted by molar-refractivity contribution is 0.232. The first-order valence-electron chi connectivity index (χ1n) is 7.70. The molecule has 0 bridgehead atoms. The van der Waals surface area contributed by atoms with Crippen molar-refractivity contribution in [1.82, 2.24) is 20.6 Å². The van der Waals surface area contributed by atoms with Crippen molar-refractivity contribution in [2.75, 3.05) is 0 Å². The minimum absolute atomic E-state index is 0.0669. The summed E-state index contributed by atoms with van der Waals surface area (Å²) in [5.41, 5.74) is 3.05. The first kappa shape index (κ1) is 13.9. The van der Waals surface area contributed by atoms with Crippen molar-refractivity contribution < 1.29 is 4.79 Å². The van der Waals surface area contributed by atoms with E-state index in [0.29, 0.717) is 12.6 Å². The third-order valence-electron chi connectivity index (χ3n) is 4.06. The molecule has 1 saturated carbocycles. The summed E-state index contributed by atoms with van der Waals surface area (Å²) in [6, 6.07) is 6.30. The monoisotopic (exact) mass is 286 g/mol. The number of aromatic amines is 1. The largest absolute Gasteiger partial charge is 0.342 e. The highest BCUT2D eigenvalue weighted by Crippen LogP contribution is 2.17. The molecular formula is C16H22N4O. The summed E-state index contributed by atoms with van der Waals surface area (Å²) < 4.78 is 0. The first-order chi connectivity index (χ1) is 10.2. The molecule has 0 unspecified atom stereocenters. The van der Waals surface area contributed by atoms with E-state index in [9.17, 15) is 4.79 Å². The Balaban J connectivity index is 1.54. The highest BCUT2D eigenvalue weighted by Gasteiger charge is 2.15. The number of nitrogens with zero attached hydrogens (tertiary/aromatic N) is 1. The number of hydrogen-bond acceptors (Lipinski definition) is 2. The van der Waals surface area contributed by atoms with Crippen molar-refractivity contribution in [2.24, 2.45) is 0 Å². The number of imidazole rings is 1. The fourth-order valence-electron chi connectivity index (χ4n) is 2.96. The number of urea groups is 1. The van der Waals surface area contributed by atoms with Crippen LogP contribution in [0.15, 0.2) is 18.2 Å². The molecule has 5 nitrogen and oxygen atoms in total. The number of carbonyl (C=O) groups excluding carboxylic acids is 1. The highest BCUT2D eigenvalue weighted by molar-refractivity contribution is 5.77. The molecule has 1 aromatic heterocycles. The average molecular weight is 286 g/mol. The van der Waals surface area contributed by atoms with E-state index in [1.807, 2.05) is 25.1 Å². The number of hydrogen-bond donors (Lipinski definition) is 3. The van der Waals surface area contributed by atoms with Gasteiger partial charge in [0.25, 0.3) is 0 Å². The van der Waals surface area contributed by atoms with Crippen molar-refractivity contribution in [1.29, 1.82) is 0 Å². The Morgan fingerprint density at radius 2 is 2.14 bits per heavy atom. The van der Waals surface area contributed by atoms with E-state index in [0.717, 1.165) is 35.3 Å². The zero-order chi connectivity index (χ0) is 14.7. The van der Waals surface area contributed by atoms with E-state index in [-0.39, 0.29) is 6.03 Å². The minimum atomic E-state index is -0.0669. The Labute approximate surface area is 124 Å². The first-order valence-corrected chi connectivity index (χ1v) is 7.70. The molecule has 5 heteroatoms. The van der Waals surface area contributed by atoms with Crippen LogP contribution in [0.5, 0.6) is 0 Å². The van der Waals surface area contributed by atoms with Crippen molar-refractivity contribution in [3.05, 3.63) is 29.6 Å². The quantitative estimate of drug-likeness (QED) is 0.811. The molecule has 112 valence electrons. The molecule has 0 atom stereocenters. The van der Waals surface area contributed by atoms with Crippen LogP contribution in [0.25, 0.3) is 11.0 Å². The highest BCUT2D eigenvalue weighted by atomic mass is 16.2. The predicted molar refractivity (Wildman–Crippen MR) is 83.1 cm³/mol. The van der Waals surface area contributed by atoms with Gasteiger partial charge in [-0.3, -0.25) is 0 Å². The van der Waals surface area contributed by atoms with Crippen molar-refractivity contribution >= 4 is 17.1 Å². The van der Waals surface area contributed by atoms with Gasteiger partial charge in [-0.05, 0) is 37.5 Å². The van der Waals surface area contributed by atoms with Gasteiger partial charge in [0.05, 0.1) is 11.0 Å². The Bertz CT molecular complexity index is 628. The van der Waals surface area contributed by atoms with Gasteiger partial charge in [0, 0.05) is 12.6 Å². The fourth-order valence-corrected chi connectivity index (χ4v) is 2.96. The molecule has 3 N–H and O–H groups in total. The summed E-state index contributed by atoms with van der Waals surface area (Å²) in [6.07, 6.45) is 5.95. The molecule has 1 aliphatic rings. The number of nitrogens with one attached hydrogen (secondary N) is 3. The zero-order valence-electron chi connectivity index (χ0n) is 12.4. The molecule has 0 aliphatic heterocycles. The number of rotatable bonds is 3. The SMILES string of the molecule is Cc1nc2ccc(CNC(=O)NC3CCCCC3)cc2[nH]1. The number of aryl methyl sites for hydroxylation is 1. The third-order valence-corrected chi connectivity index (χ3v) is 4.06. The van der Waals surface area contributed by atoms with E-state index < -0.39 is 0 Å². The fraction of sp³-hybridized carbons (Fsp3) is 0.500. The Hall–Kier alpha value is -2.04. The van der Waals surface area contributed by atoms with Gasteiger partial charge < -0.3 is 15.6 Å². The third kappa shape index (κ3) is 3.54. The van der Waals surface area contributed by atoms with Crippen molar-refractivity contribution in [2.45, 2.75) is 51.6 Å². The number of carbonyl (C=O) groups is 1. The van der Waals surface area contributed by atoms with Gasteiger partial charge in [0.2, 0.25) is 0 Å². The zero-order valence-corrected chi connectivity index (χ0v) is 12.4. The predicted octanol–water partition coefficient (Wildman–Crippen LogP) is 3.00. The summed E-state index contributed by atoms with van der Waals surface area (Å²) in [6.45, 7) is 2.47. The van der Waals surface area contributed by atoms with Gasteiger partial charge in [-0.25, -0.2) is 9.78 Å². The molecule has 2 aromatic rings. The van der Waals surface area contributed by atoms with Crippen LogP contribution < -0.4 is 10.6 Å². The molecule has 0 radical (unpaired) electrons. The lowest BCUT2D eigenvalue weighted by atomic mass is 9.96. The standard InChI is InChI=1S/C16H22N4O/c1-11-18-14-8-7-12(9-15(14)19-11)10-17-16(21)20-13-5-3-2-4-6-13/h7-9,13H,2-6,10H2,1H3,(H,18,19)(H2,17,20,21). The van der Waals surface area contributed by atoms with E-state index in [2.05, 4.69) is 20.6 Å². The van der Waals surface area contributed by atoms with Gasteiger partial charge in [-0.2, -0.15) is 0 Å². The van der Waals surface area contributed by atoms with Crippen LogP contribution >= 0.6 is 0 Å². The van der Waals surface area contributed by atoms with Gasteiger partial charge in [0.1, 0.15) is 5.82 Å². The molecule has 21 heavy (non-hydrogen) atoms. The van der Waals surface area contributed by atoms with Gasteiger partial charge in [0.15, 0.2) is 0 Å². The average Bonchev–Trinajstić information content (AvgIpc) is 2.85. The smallest absolute Gasteiger partial charge is 0.315 e. The topological polar surface area (TPSA) is 69.8 Å². The lowest BCUT2D eigenvalue weighted by Gasteiger charge is -2.22. The maximum absolute atomic E-state index is 11.9. The number of fused-ring (bicyclic) bond motifs is 1. The summed E-state index contributed by atoms with van der Waals surface area (Å²) in [5, 5.41) is 5.99. The van der Waals surface area contributed by atoms with Crippen molar-refractivity contribution in [3.63, 3.8) is 0 Å². The Morgan fingerprint density at radius 3 is 2.95 bits per heavy atom. The van der Waals surface area contributed by atoms with Gasteiger partial charge >= 0.3 is 6.03 Å². The van der Waals surface area contributed by atoms with E-state index >= 15 is 0 Å². The number of benzene rings is 1. The summed E-state index contributed by atoms with van der Waals surface area (Å²) in [7, 11) is 0. The molecule has 2 amide bonds. The van der Waals surface area contributed by atoms with Gasteiger partial charge in [-0.1, -0.05) is 25.3 Å². The molecule has 0 spiro atoms. The van der Waals surface area contributed by atoms with Crippen LogP contribution in [0.3, 0.4) is 0 Å². The van der Waals surface area contributed by atoms with E-state index in [1.165, 1.54) is 19.3 Å². The number of amides is 2. The van der Waals surface area contributed by atoms with Crippen LogP contribution in [0, 0.1) is 6.92 Å². The Morgan fingerprint density at radius 1 is 1.33 bits per heavy atom. The van der Waals surface area contributed by atoms with Crippen molar-refractivity contribution in [3.8, 4) is 0 Å². The molecular weight excluding hydrogens is 264 g/mol. The van der Waals surface area contributed by atoms with Crippen LogP contribution in [0.4, 0.5) is 4.79 Å². The molecule has 3 rings (SSSR count). The number of H-pyrrole nitrogens is 1. The molecule has 0 saturated heterocycles. The number of aromatic nitrogens is 2. The second-order valence-electron chi connectivity index (χ2n) is 5.84. The lowest BCUT2D eigenvalue weighted by Crippen LogP contribution is -2.42. The summed E-state index contributed by atoms with van der Waals surface area (Å²) in [5.74, 6) is 0.908. The second kappa shape index (κ2) is 6.16. The Kier molecular flexibility index (Phi) is 4.08. The second-order valence-corrected chi connectivity index (χ2v) is 5.84. The minimum Gasteiger partial charge on any atom is -0.342 e. The van der Waals surface area contributed by atoms with E-state index in [4.69, 9.17) is 0 Å². The van der Waals surface area contributed by atoms with Crippen LogP contribution in [-0.4, -0.2) is 22.0 Å². The maximum atomic E-state index is 11.9. The summed E-state index contributed by atoms with van der Waals surface area (Å²) in [4.78, 5) is 19.5. The van der Waals surface area contributed by atoms with Crippen LogP contribution in [0.2, 0.25) is 0 Å². The van der Waals surface area contributed by atoms with Crippen LogP contribution in [-0.2, 0) is 6.54 Å². The van der Waals surface area contributed by atoms with E-state index in [1.54, 1.807) is 0 Å². The molecule has 1 heterocycles.